The molecule has 152 valence electrons. The number of ether oxygens (including phenoxy) is 2. The first-order valence-electron chi connectivity index (χ1n) is 9.22. The highest BCUT2D eigenvalue weighted by Gasteiger charge is 2.15. The fourth-order valence-corrected chi connectivity index (χ4v) is 3.10. The second kappa shape index (κ2) is 8.34. The summed E-state index contributed by atoms with van der Waals surface area (Å²) >= 11 is 0. The van der Waals surface area contributed by atoms with E-state index in [4.69, 9.17) is 9.47 Å². The van der Waals surface area contributed by atoms with E-state index in [0.717, 1.165) is 22.3 Å². The minimum absolute atomic E-state index is 0.246. The molecule has 0 aliphatic carbocycles. The van der Waals surface area contributed by atoms with Gasteiger partial charge in [-0.05, 0) is 56.2 Å². The average molecular weight is 397 g/mol. The van der Waals surface area contributed by atoms with Crippen LogP contribution in [0.25, 0.3) is 11.3 Å². The van der Waals surface area contributed by atoms with E-state index in [1.54, 1.807) is 20.0 Å². The van der Waals surface area contributed by atoms with Crippen molar-refractivity contribution in [3.05, 3.63) is 64.6 Å². The zero-order valence-electron chi connectivity index (χ0n) is 17.2. The number of benzene rings is 2. The number of amides is 1. The Kier molecular flexibility index (Phi) is 5.87. The minimum atomic E-state index is -0.532. The summed E-state index contributed by atoms with van der Waals surface area (Å²) in [6, 6.07) is 11.1. The number of aromatic nitrogens is 2. The quantitative estimate of drug-likeness (QED) is 0.691. The Labute approximate surface area is 169 Å². The van der Waals surface area contributed by atoms with E-state index in [1.807, 2.05) is 44.2 Å². The summed E-state index contributed by atoms with van der Waals surface area (Å²) in [7, 11) is 3.09. The van der Waals surface area contributed by atoms with Crippen LogP contribution in [-0.2, 0) is 13.7 Å². The van der Waals surface area contributed by atoms with Crippen LogP contribution in [0, 0.1) is 26.7 Å². The second-order valence-electron chi connectivity index (χ2n) is 6.85. The van der Waals surface area contributed by atoms with Gasteiger partial charge in [0, 0.05) is 30.8 Å². The molecule has 3 aromatic rings. The number of rotatable bonds is 5. The Bertz CT molecular complexity index is 1060. The zero-order chi connectivity index (χ0) is 21.1. The molecule has 0 fully saturated rings. The molecular formula is C22H24FN3O3. The van der Waals surface area contributed by atoms with Crippen molar-refractivity contribution in [1.29, 1.82) is 0 Å². The van der Waals surface area contributed by atoms with Crippen molar-refractivity contribution in [2.75, 3.05) is 7.05 Å². The fraction of sp³-hybridized carbons (Fsp3) is 0.273. The molecule has 0 bridgehead atoms. The number of carbonyl (C=O) groups excluding carboxylic acids is 1. The van der Waals surface area contributed by atoms with Gasteiger partial charge in [-0.3, -0.25) is 0 Å². The maximum Gasteiger partial charge on any atom is 0.412 e. The number of carbonyl (C=O) groups is 1. The molecule has 0 saturated carbocycles. The van der Waals surface area contributed by atoms with Gasteiger partial charge in [-0.2, -0.15) is 9.49 Å². The molecule has 0 aliphatic rings. The Balaban J connectivity index is 1.82. The van der Waals surface area contributed by atoms with Crippen molar-refractivity contribution in [2.45, 2.75) is 27.4 Å². The lowest BCUT2D eigenvalue weighted by atomic mass is 10.1. The van der Waals surface area contributed by atoms with Gasteiger partial charge in [-0.15, -0.1) is 0 Å². The monoisotopic (exact) mass is 397 g/mol. The van der Waals surface area contributed by atoms with Gasteiger partial charge in [0.15, 0.2) is 0 Å². The summed E-state index contributed by atoms with van der Waals surface area (Å²) in [5.41, 5.74) is 4.60. The molecule has 29 heavy (non-hydrogen) atoms. The van der Waals surface area contributed by atoms with E-state index in [2.05, 4.69) is 10.4 Å². The SMILES string of the molecule is CNC(=O)Oc1cccc(C)c1COc1ccc(-c2nn(C)c(F)c2C)cc1C. The van der Waals surface area contributed by atoms with Crippen molar-refractivity contribution in [2.24, 2.45) is 7.05 Å². The second-order valence-corrected chi connectivity index (χ2v) is 6.85. The highest BCUT2D eigenvalue weighted by Crippen LogP contribution is 2.30. The Hall–Kier alpha value is -3.35. The largest absolute Gasteiger partial charge is 0.488 e. The van der Waals surface area contributed by atoms with Crippen LogP contribution < -0.4 is 14.8 Å². The number of halogens is 1. The van der Waals surface area contributed by atoms with Crippen molar-refractivity contribution in [3.63, 3.8) is 0 Å². The van der Waals surface area contributed by atoms with Crippen LogP contribution in [0.5, 0.6) is 11.5 Å². The lowest BCUT2D eigenvalue weighted by Gasteiger charge is -2.15. The molecule has 0 saturated heterocycles. The van der Waals surface area contributed by atoms with Crippen molar-refractivity contribution >= 4 is 6.09 Å². The van der Waals surface area contributed by atoms with E-state index < -0.39 is 6.09 Å². The molecule has 1 aromatic heterocycles. The van der Waals surface area contributed by atoms with Crippen LogP contribution in [0.15, 0.2) is 36.4 Å². The molecule has 0 spiro atoms. The lowest BCUT2D eigenvalue weighted by Crippen LogP contribution is -2.23. The minimum Gasteiger partial charge on any atom is -0.488 e. The van der Waals surface area contributed by atoms with Crippen molar-refractivity contribution < 1.29 is 18.7 Å². The smallest absolute Gasteiger partial charge is 0.412 e. The van der Waals surface area contributed by atoms with E-state index >= 15 is 0 Å². The van der Waals surface area contributed by atoms with E-state index in [0.29, 0.717) is 22.8 Å². The number of nitrogens with one attached hydrogen (secondary N) is 1. The third-order valence-corrected chi connectivity index (χ3v) is 4.79. The van der Waals surface area contributed by atoms with E-state index in [1.165, 1.54) is 11.7 Å². The molecule has 1 heterocycles. The number of nitrogens with zero attached hydrogens (tertiary/aromatic N) is 2. The molecule has 0 atom stereocenters. The predicted octanol–water partition coefficient (Wildman–Crippen LogP) is 4.45. The maximum absolute atomic E-state index is 14.0. The average Bonchev–Trinajstić information content (AvgIpc) is 2.95. The van der Waals surface area contributed by atoms with Crippen LogP contribution in [-0.4, -0.2) is 22.9 Å². The molecular weight excluding hydrogens is 373 g/mol. The van der Waals surface area contributed by atoms with Gasteiger partial charge in [0.05, 0.1) is 5.69 Å². The standard InChI is InChI=1S/C22H24FN3O3/c1-13-7-6-8-19(29-22(27)24-4)17(13)12-28-18-10-9-16(11-14(18)2)20-15(3)21(23)26(5)25-20/h6-11H,12H2,1-5H3,(H,24,27). The summed E-state index contributed by atoms with van der Waals surface area (Å²) in [5.74, 6) is 0.802. The van der Waals surface area contributed by atoms with Gasteiger partial charge in [0.1, 0.15) is 18.1 Å². The fourth-order valence-electron chi connectivity index (χ4n) is 3.10. The number of hydrogen-bond acceptors (Lipinski definition) is 4. The van der Waals surface area contributed by atoms with Gasteiger partial charge in [-0.25, -0.2) is 9.48 Å². The first-order chi connectivity index (χ1) is 13.8. The van der Waals surface area contributed by atoms with Gasteiger partial charge in [0.2, 0.25) is 5.95 Å². The van der Waals surface area contributed by atoms with Crippen LogP contribution in [0.3, 0.4) is 0 Å². The maximum atomic E-state index is 14.0. The molecule has 3 rings (SSSR count). The zero-order valence-corrected chi connectivity index (χ0v) is 17.2. The first kappa shape index (κ1) is 20.4. The van der Waals surface area contributed by atoms with Gasteiger partial charge in [-0.1, -0.05) is 12.1 Å². The lowest BCUT2D eigenvalue weighted by molar-refractivity contribution is 0.201. The normalized spacial score (nSPS) is 10.7. The molecule has 0 radical (unpaired) electrons. The predicted molar refractivity (Wildman–Crippen MR) is 109 cm³/mol. The number of hydrogen-bond donors (Lipinski definition) is 1. The van der Waals surface area contributed by atoms with Crippen molar-refractivity contribution in [3.8, 4) is 22.8 Å². The van der Waals surface area contributed by atoms with Gasteiger partial charge >= 0.3 is 6.09 Å². The van der Waals surface area contributed by atoms with Crippen LogP contribution in [0.2, 0.25) is 0 Å². The van der Waals surface area contributed by atoms with Gasteiger partial charge in [0.25, 0.3) is 0 Å². The Morgan fingerprint density at radius 1 is 1.14 bits per heavy atom. The van der Waals surface area contributed by atoms with Crippen molar-refractivity contribution in [1.82, 2.24) is 15.1 Å². The third-order valence-electron chi connectivity index (χ3n) is 4.79. The highest BCUT2D eigenvalue weighted by molar-refractivity contribution is 5.70. The van der Waals surface area contributed by atoms with Crippen LogP contribution >= 0.6 is 0 Å². The summed E-state index contributed by atoms with van der Waals surface area (Å²) < 4.78 is 26.5. The summed E-state index contributed by atoms with van der Waals surface area (Å²) in [5, 5.41) is 6.69. The van der Waals surface area contributed by atoms with E-state index in [9.17, 15) is 9.18 Å². The van der Waals surface area contributed by atoms with Crippen LogP contribution in [0.4, 0.5) is 9.18 Å². The Morgan fingerprint density at radius 2 is 1.90 bits per heavy atom. The summed E-state index contributed by atoms with van der Waals surface area (Å²) in [6.45, 7) is 5.82. The van der Waals surface area contributed by atoms with Crippen LogP contribution in [0.1, 0.15) is 22.3 Å². The highest BCUT2D eigenvalue weighted by atomic mass is 19.1. The third kappa shape index (κ3) is 4.23. The first-order valence-corrected chi connectivity index (χ1v) is 9.22. The summed E-state index contributed by atoms with van der Waals surface area (Å²) in [4.78, 5) is 11.6. The topological polar surface area (TPSA) is 65.4 Å². The molecule has 6 nitrogen and oxygen atoms in total. The number of aryl methyl sites for hydroxylation is 3. The summed E-state index contributed by atoms with van der Waals surface area (Å²) in [6.07, 6.45) is -0.532. The molecule has 7 heteroatoms. The molecule has 0 aliphatic heterocycles. The van der Waals surface area contributed by atoms with E-state index in [-0.39, 0.29) is 12.6 Å². The molecule has 1 amide bonds. The molecule has 0 unspecified atom stereocenters. The Morgan fingerprint density at radius 3 is 2.52 bits per heavy atom. The van der Waals surface area contributed by atoms with Gasteiger partial charge < -0.3 is 14.8 Å². The molecule has 2 aromatic carbocycles. The molecule has 1 N–H and O–H groups in total.